The fraction of sp³-hybridized carbons (Fsp3) is 0.714. The first-order valence-electron chi connectivity index (χ1n) is 3.93. The molecule has 0 aromatic carbocycles. The normalized spacial score (nSPS) is 26.8. The van der Waals surface area contributed by atoms with Crippen molar-refractivity contribution in [1.82, 2.24) is 5.32 Å². The molecular formula is C7H11N3O2S. The van der Waals surface area contributed by atoms with Gasteiger partial charge in [0.15, 0.2) is 16.0 Å². The molecule has 1 N–H and O–H groups in total. The summed E-state index contributed by atoms with van der Waals surface area (Å²) in [6.07, 6.45) is 2.29. The molecule has 0 aromatic rings. The van der Waals surface area contributed by atoms with Crippen molar-refractivity contribution in [2.24, 2.45) is 4.99 Å². The molecule has 1 rings (SSSR count). The predicted molar refractivity (Wildman–Crippen MR) is 48.9 cm³/mol. The van der Waals surface area contributed by atoms with Gasteiger partial charge in [-0.3, -0.25) is 10.3 Å². The minimum Gasteiger partial charge on any atom is -0.281 e. The lowest BCUT2D eigenvalue weighted by Crippen LogP contribution is -2.18. The molecule has 1 atom stereocenters. The molecule has 0 aromatic heterocycles. The Bertz CT molecular complexity index is 352. The highest BCUT2D eigenvalue weighted by Gasteiger charge is 2.27. The number of nitrogens with one attached hydrogen (secondary N) is 1. The summed E-state index contributed by atoms with van der Waals surface area (Å²) in [7, 11) is -2.87. The molecule has 0 aliphatic carbocycles. The van der Waals surface area contributed by atoms with Gasteiger partial charge < -0.3 is 0 Å². The molecule has 0 radical (unpaired) electrons. The highest BCUT2D eigenvalue weighted by molar-refractivity contribution is 7.91. The van der Waals surface area contributed by atoms with E-state index in [0.717, 1.165) is 0 Å². The van der Waals surface area contributed by atoms with Crippen LogP contribution >= 0.6 is 0 Å². The molecule has 5 nitrogen and oxygen atoms in total. The summed E-state index contributed by atoms with van der Waals surface area (Å²) in [5, 5.41) is 10.6. The Morgan fingerprint density at radius 3 is 2.85 bits per heavy atom. The Labute approximate surface area is 77.4 Å². The number of hydrogen-bond acceptors (Lipinski definition) is 4. The molecule has 13 heavy (non-hydrogen) atoms. The van der Waals surface area contributed by atoms with Gasteiger partial charge in [0.2, 0.25) is 0 Å². The fourth-order valence-electron chi connectivity index (χ4n) is 1.26. The van der Waals surface area contributed by atoms with E-state index < -0.39 is 9.84 Å². The Hall–Kier alpha value is -1.09. The van der Waals surface area contributed by atoms with Crippen molar-refractivity contribution in [2.75, 3.05) is 11.5 Å². The van der Waals surface area contributed by atoms with Crippen LogP contribution < -0.4 is 5.32 Å². The number of nitrogens with zero attached hydrogens (tertiary/aromatic N) is 2. The van der Waals surface area contributed by atoms with Crippen molar-refractivity contribution < 1.29 is 8.42 Å². The number of amidine groups is 1. The zero-order chi connectivity index (χ0) is 9.90. The number of hydrogen-bond donors (Lipinski definition) is 1. The van der Waals surface area contributed by atoms with Crippen LogP contribution in [0.5, 0.6) is 0 Å². The third kappa shape index (κ3) is 3.03. The van der Waals surface area contributed by atoms with Crippen LogP contribution in [0.25, 0.3) is 0 Å². The van der Waals surface area contributed by atoms with E-state index in [0.29, 0.717) is 12.3 Å². The van der Waals surface area contributed by atoms with Crippen molar-refractivity contribution in [3.05, 3.63) is 0 Å². The molecule has 1 saturated heterocycles. The maximum absolute atomic E-state index is 11.0. The standard InChI is InChI=1S/C7H11N3O2S/c1-6(9-5-8)10-7-2-3-13(11,12)4-7/h7H,2-4H2,1H3,(H,9,10). The summed E-state index contributed by atoms with van der Waals surface area (Å²) >= 11 is 0. The van der Waals surface area contributed by atoms with Gasteiger partial charge in [0.1, 0.15) is 5.84 Å². The molecule has 1 fully saturated rings. The first-order chi connectivity index (χ1) is 6.03. The van der Waals surface area contributed by atoms with Crippen molar-refractivity contribution in [3.8, 4) is 6.19 Å². The lowest BCUT2D eigenvalue weighted by atomic mass is 10.3. The number of aliphatic imine (C=N–C) groups is 1. The van der Waals surface area contributed by atoms with Gasteiger partial charge in [-0.05, 0) is 13.3 Å². The van der Waals surface area contributed by atoms with Crippen molar-refractivity contribution in [1.29, 1.82) is 5.26 Å². The third-order valence-corrected chi connectivity index (χ3v) is 3.57. The molecule has 0 amide bonds. The molecule has 0 saturated carbocycles. The highest BCUT2D eigenvalue weighted by atomic mass is 32.2. The summed E-state index contributed by atoms with van der Waals surface area (Å²) in [5.74, 6) is 0.794. The maximum Gasteiger partial charge on any atom is 0.182 e. The van der Waals surface area contributed by atoms with Gasteiger partial charge >= 0.3 is 0 Å². The van der Waals surface area contributed by atoms with E-state index in [2.05, 4.69) is 10.3 Å². The van der Waals surface area contributed by atoms with Crippen molar-refractivity contribution in [2.45, 2.75) is 19.4 Å². The number of rotatable bonds is 1. The fourth-order valence-corrected chi connectivity index (χ4v) is 2.89. The van der Waals surface area contributed by atoms with Crippen LogP contribution in [0.15, 0.2) is 4.99 Å². The van der Waals surface area contributed by atoms with E-state index in [1.807, 2.05) is 0 Å². The minimum absolute atomic E-state index is 0.109. The van der Waals surface area contributed by atoms with Gasteiger partial charge in [-0.1, -0.05) is 0 Å². The number of nitriles is 1. The van der Waals surface area contributed by atoms with Crippen LogP contribution in [0.1, 0.15) is 13.3 Å². The van der Waals surface area contributed by atoms with E-state index in [-0.39, 0.29) is 17.5 Å². The van der Waals surface area contributed by atoms with Crippen LogP contribution in [-0.4, -0.2) is 31.8 Å². The van der Waals surface area contributed by atoms with Gasteiger partial charge in [0.05, 0.1) is 17.5 Å². The van der Waals surface area contributed by atoms with Gasteiger partial charge in [0.25, 0.3) is 0 Å². The molecule has 6 heteroatoms. The lowest BCUT2D eigenvalue weighted by molar-refractivity contribution is 0.601. The van der Waals surface area contributed by atoms with Crippen LogP contribution in [0, 0.1) is 11.5 Å². The summed E-state index contributed by atoms with van der Waals surface area (Å²) in [5.41, 5.74) is 0. The van der Waals surface area contributed by atoms with Crippen LogP contribution in [0.3, 0.4) is 0 Å². The Morgan fingerprint density at radius 1 is 1.69 bits per heavy atom. The number of sulfone groups is 1. The second-order valence-corrected chi connectivity index (χ2v) is 5.24. The maximum atomic E-state index is 11.0. The molecule has 1 aliphatic rings. The van der Waals surface area contributed by atoms with E-state index in [9.17, 15) is 8.42 Å². The average Bonchev–Trinajstić information content (AvgIpc) is 2.30. The van der Waals surface area contributed by atoms with Crippen molar-refractivity contribution >= 4 is 15.7 Å². The molecule has 1 heterocycles. The monoisotopic (exact) mass is 201 g/mol. The first kappa shape index (κ1) is 9.99. The molecule has 72 valence electrons. The van der Waals surface area contributed by atoms with Gasteiger partial charge in [-0.15, -0.1) is 0 Å². The Balaban J connectivity index is 2.59. The van der Waals surface area contributed by atoms with Crippen LogP contribution in [0.2, 0.25) is 0 Å². The zero-order valence-electron chi connectivity index (χ0n) is 7.32. The van der Waals surface area contributed by atoms with Crippen LogP contribution in [-0.2, 0) is 9.84 Å². The lowest BCUT2D eigenvalue weighted by Gasteiger charge is -2.01. The summed E-state index contributed by atoms with van der Waals surface area (Å²) in [4.78, 5) is 4.07. The Kier molecular flexibility index (Phi) is 2.88. The quantitative estimate of drug-likeness (QED) is 0.272. The molecule has 0 bridgehead atoms. The Morgan fingerprint density at radius 2 is 2.38 bits per heavy atom. The summed E-state index contributed by atoms with van der Waals surface area (Å²) < 4.78 is 22.1. The summed E-state index contributed by atoms with van der Waals surface area (Å²) in [6.45, 7) is 1.65. The predicted octanol–water partition coefficient (Wildman–Crippen LogP) is -0.337. The second kappa shape index (κ2) is 3.75. The highest BCUT2D eigenvalue weighted by Crippen LogP contribution is 2.14. The van der Waals surface area contributed by atoms with Gasteiger partial charge in [-0.2, -0.15) is 5.26 Å². The minimum atomic E-state index is -2.87. The SMILES string of the molecule is CC(=NC1CCS(=O)(=O)C1)NC#N. The van der Waals surface area contributed by atoms with Gasteiger partial charge in [0, 0.05) is 0 Å². The molecular weight excluding hydrogens is 190 g/mol. The largest absolute Gasteiger partial charge is 0.281 e. The van der Waals surface area contributed by atoms with E-state index in [1.54, 1.807) is 13.1 Å². The third-order valence-electron chi connectivity index (χ3n) is 1.82. The van der Waals surface area contributed by atoms with E-state index in [1.165, 1.54) is 0 Å². The van der Waals surface area contributed by atoms with Crippen molar-refractivity contribution in [3.63, 3.8) is 0 Å². The van der Waals surface area contributed by atoms with E-state index >= 15 is 0 Å². The smallest absolute Gasteiger partial charge is 0.182 e. The summed E-state index contributed by atoms with van der Waals surface area (Å²) in [6, 6.07) is -0.175. The zero-order valence-corrected chi connectivity index (χ0v) is 8.13. The second-order valence-electron chi connectivity index (χ2n) is 3.01. The average molecular weight is 201 g/mol. The molecule has 1 aliphatic heterocycles. The van der Waals surface area contributed by atoms with E-state index in [4.69, 9.17) is 5.26 Å². The molecule has 0 spiro atoms. The first-order valence-corrected chi connectivity index (χ1v) is 5.75. The molecule has 1 unspecified atom stereocenters. The van der Waals surface area contributed by atoms with Gasteiger partial charge in [-0.25, -0.2) is 8.42 Å². The van der Waals surface area contributed by atoms with Crippen LogP contribution in [0.4, 0.5) is 0 Å². The topological polar surface area (TPSA) is 82.3 Å².